The normalized spacial score (nSPS) is 10.8. The highest BCUT2D eigenvalue weighted by molar-refractivity contribution is 5.88. The molecule has 0 aliphatic rings. The van der Waals surface area contributed by atoms with E-state index in [1.807, 2.05) is 0 Å². The van der Waals surface area contributed by atoms with Crippen LogP contribution in [0, 0.1) is 0 Å². The Balaban J connectivity index is 1.81. The molecule has 0 saturated heterocycles. The van der Waals surface area contributed by atoms with Gasteiger partial charge in [-0.25, -0.2) is 9.59 Å². The fourth-order valence-electron chi connectivity index (χ4n) is 2.64. The highest BCUT2D eigenvalue weighted by Gasteiger charge is 2.06. The molecule has 0 heterocycles. The van der Waals surface area contributed by atoms with Gasteiger partial charge < -0.3 is 28.4 Å². The molecule has 0 amide bonds. The summed E-state index contributed by atoms with van der Waals surface area (Å²) in [5.74, 6) is 1.27. The summed E-state index contributed by atoms with van der Waals surface area (Å²) >= 11 is 0. The Bertz CT molecular complexity index is 898. The first-order chi connectivity index (χ1) is 15.5. The van der Waals surface area contributed by atoms with Crippen LogP contribution in [0.2, 0.25) is 0 Å². The largest absolute Gasteiger partial charge is 0.497 e. The lowest BCUT2D eigenvalue weighted by atomic mass is 10.1. The number of hydrogen-bond donors (Lipinski definition) is 0. The van der Waals surface area contributed by atoms with Crippen LogP contribution in [0.15, 0.2) is 48.6 Å². The van der Waals surface area contributed by atoms with Crippen molar-refractivity contribution in [3.8, 4) is 23.0 Å². The van der Waals surface area contributed by atoms with Gasteiger partial charge in [0.05, 0.1) is 28.4 Å². The van der Waals surface area contributed by atoms with E-state index < -0.39 is 11.9 Å². The topological polar surface area (TPSA) is 89.5 Å². The molecule has 2 aromatic carbocycles. The van der Waals surface area contributed by atoms with Crippen LogP contribution in [0.5, 0.6) is 23.0 Å². The van der Waals surface area contributed by atoms with Crippen LogP contribution in [0.1, 0.15) is 11.1 Å². The van der Waals surface area contributed by atoms with Crippen molar-refractivity contribution < 1.29 is 38.0 Å². The number of hydrogen-bond acceptors (Lipinski definition) is 8. The minimum Gasteiger partial charge on any atom is -0.497 e. The van der Waals surface area contributed by atoms with E-state index in [2.05, 4.69) is 0 Å². The van der Waals surface area contributed by atoms with E-state index in [1.54, 1.807) is 62.8 Å². The summed E-state index contributed by atoms with van der Waals surface area (Å²) < 4.78 is 30.9. The van der Waals surface area contributed by atoms with Crippen molar-refractivity contribution in [2.24, 2.45) is 0 Å². The molecule has 0 N–H and O–H groups in total. The number of carbonyl (C=O) groups is 2. The van der Waals surface area contributed by atoms with Crippen LogP contribution < -0.4 is 18.9 Å². The Morgan fingerprint density at radius 2 is 1.06 bits per heavy atom. The highest BCUT2D eigenvalue weighted by atomic mass is 16.6. The third kappa shape index (κ3) is 7.39. The molecular formula is C24H26O8. The molecule has 0 aromatic heterocycles. The third-order valence-corrected chi connectivity index (χ3v) is 4.24. The van der Waals surface area contributed by atoms with E-state index in [0.29, 0.717) is 34.1 Å². The van der Waals surface area contributed by atoms with Gasteiger partial charge >= 0.3 is 11.9 Å². The summed E-state index contributed by atoms with van der Waals surface area (Å²) in [5.41, 5.74) is 1.32. The number of esters is 2. The van der Waals surface area contributed by atoms with Gasteiger partial charge in [-0.05, 0) is 48.6 Å². The molecule has 0 spiro atoms. The van der Waals surface area contributed by atoms with Crippen molar-refractivity contribution in [1.82, 2.24) is 0 Å². The minimum absolute atomic E-state index is 0.0829. The molecule has 2 rings (SSSR count). The van der Waals surface area contributed by atoms with E-state index in [-0.39, 0.29) is 13.2 Å². The quantitative estimate of drug-likeness (QED) is 0.297. The van der Waals surface area contributed by atoms with Crippen molar-refractivity contribution in [3.63, 3.8) is 0 Å². The molecule has 0 aliphatic heterocycles. The summed E-state index contributed by atoms with van der Waals surface area (Å²) in [7, 11) is 6.16. The lowest BCUT2D eigenvalue weighted by Gasteiger charge is -2.07. The second-order valence-electron chi connectivity index (χ2n) is 6.22. The molecule has 8 heteroatoms. The molecule has 170 valence electrons. The molecule has 0 fully saturated rings. The van der Waals surface area contributed by atoms with Crippen LogP contribution in [0.4, 0.5) is 0 Å². The van der Waals surface area contributed by atoms with Gasteiger partial charge in [-0.3, -0.25) is 0 Å². The van der Waals surface area contributed by atoms with Crippen LogP contribution in [0.3, 0.4) is 0 Å². The molecule has 0 atom stereocenters. The highest BCUT2D eigenvalue weighted by Crippen LogP contribution is 2.26. The third-order valence-electron chi connectivity index (χ3n) is 4.24. The average Bonchev–Trinajstić information content (AvgIpc) is 2.83. The van der Waals surface area contributed by atoms with Gasteiger partial charge in [-0.1, -0.05) is 0 Å². The second-order valence-corrected chi connectivity index (χ2v) is 6.22. The standard InChI is InChI=1S/C24H26O8/c1-27-19-7-9-21(29-3)17(15-19)5-11-23(25)31-13-14-32-24(26)12-6-18-16-20(28-2)8-10-22(18)30-4/h5-12,15-16H,13-14H2,1-4H3. The zero-order valence-corrected chi connectivity index (χ0v) is 18.5. The molecule has 0 bridgehead atoms. The Morgan fingerprint density at radius 3 is 1.41 bits per heavy atom. The van der Waals surface area contributed by atoms with E-state index >= 15 is 0 Å². The van der Waals surface area contributed by atoms with E-state index in [0.717, 1.165) is 0 Å². The van der Waals surface area contributed by atoms with Gasteiger partial charge in [0, 0.05) is 23.3 Å². The lowest BCUT2D eigenvalue weighted by Crippen LogP contribution is -2.11. The van der Waals surface area contributed by atoms with Crippen LogP contribution in [-0.4, -0.2) is 53.6 Å². The van der Waals surface area contributed by atoms with Gasteiger partial charge in [0.2, 0.25) is 0 Å². The maximum Gasteiger partial charge on any atom is 0.330 e. The summed E-state index contributed by atoms with van der Waals surface area (Å²) in [6.45, 7) is -0.166. The maximum absolute atomic E-state index is 11.9. The fraction of sp³-hybridized carbons (Fsp3) is 0.250. The monoisotopic (exact) mass is 442 g/mol. The second kappa shape index (κ2) is 12.7. The molecule has 0 aliphatic carbocycles. The molecule has 0 radical (unpaired) electrons. The predicted molar refractivity (Wildman–Crippen MR) is 119 cm³/mol. The number of rotatable bonds is 11. The van der Waals surface area contributed by atoms with Crippen LogP contribution in [0.25, 0.3) is 12.2 Å². The van der Waals surface area contributed by atoms with Crippen LogP contribution >= 0.6 is 0 Å². The molecular weight excluding hydrogens is 416 g/mol. The number of methoxy groups -OCH3 is 4. The number of benzene rings is 2. The maximum atomic E-state index is 11.9. The fourth-order valence-corrected chi connectivity index (χ4v) is 2.64. The Morgan fingerprint density at radius 1 is 0.656 bits per heavy atom. The van der Waals surface area contributed by atoms with Gasteiger partial charge in [-0.15, -0.1) is 0 Å². The summed E-state index contributed by atoms with van der Waals surface area (Å²) in [4.78, 5) is 23.8. The van der Waals surface area contributed by atoms with E-state index in [1.165, 1.54) is 26.4 Å². The molecule has 0 saturated carbocycles. The SMILES string of the molecule is COc1ccc(OC)c(C=CC(=O)OCCOC(=O)C=Cc2cc(OC)ccc2OC)c1. The van der Waals surface area contributed by atoms with Crippen molar-refractivity contribution in [2.75, 3.05) is 41.7 Å². The smallest absolute Gasteiger partial charge is 0.330 e. The van der Waals surface area contributed by atoms with E-state index in [9.17, 15) is 9.59 Å². The lowest BCUT2D eigenvalue weighted by molar-refractivity contribution is -0.145. The number of carbonyl (C=O) groups excluding carboxylic acids is 2. The first kappa shape index (κ1) is 24.3. The zero-order chi connectivity index (χ0) is 23.3. The average molecular weight is 442 g/mol. The predicted octanol–water partition coefficient (Wildman–Crippen LogP) is 3.53. The summed E-state index contributed by atoms with van der Waals surface area (Å²) in [6, 6.07) is 10.4. The van der Waals surface area contributed by atoms with Crippen molar-refractivity contribution in [3.05, 3.63) is 59.7 Å². The van der Waals surface area contributed by atoms with Gasteiger partial charge in [0.15, 0.2) is 0 Å². The minimum atomic E-state index is -0.581. The Kier molecular flexibility index (Phi) is 9.65. The van der Waals surface area contributed by atoms with Gasteiger partial charge in [0.25, 0.3) is 0 Å². The zero-order valence-electron chi connectivity index (χ0n) is 18.5. The van der Waals surface area contributed by atoms with Crippen LogP contribution in [-0.2, 0) is 19.1 Å². The van der Waals surface area contributed by atoms with Crippen molar-refractivity contribution in [2.45, 2.75) is 0 Å². The molecule has 2 aromatic rings. The van der Waals surface area contributed by atoms with E-state index in [4.69, 9.17) is 28.4 Å². The van der Waals surface area contributed by atoms with Gasteiger partial charge in [0.1, 0.15) is 36.2 Å². The van der Waals surface area contributed by atoms with Gasteiger partial charge in [-0.2, -0.15) is 0 Å². The Labute approximate surface area is 186 Å². The van der Waals surface area contributed by atoms with Crippen molar-refractivity contribution >= 4 is 24.1 Å². The summed E-state index contributed by atoms with van der Waals surface area (Å²) in [6.07, 6.45) is 5.63. The molecule has 0 unspecified atom stereocenters. The van der Waals surface area contributed by atoms with Crippen molar-refractivity contribution in [1.29, 1.82) is 0 Å². The summed E-state index contributed by atoms with van der Waals surface area (Å²) in [5, 5.41) is 0. The first-order valence-corrected chi connectivity index (χ1v) is 9.64. The molecule has 8 nitrogen and oxygen atoms in total. The Hall–Kier alpha value is -3.94. The first-order valence-electron chi connectivity index (χ1n) is 9.64. The molecule has 32 heavy (non-hydrogen) atoms. The number of ether oxygens (including phenoxy) is 6.